The molecule has 176 valence electrons. The predicted octanol–water partition coefficient (Wildman–Crippen LogP) is 5.63. The summed E-state index contributed by atoms with van der Waals surface area (Å²) in [7, 11) is 1.51. The van der Waals surface area contributed by atoms with Crippen LogP contribution in [0, 0.1) is 11.3 Å². The highest BCUT2D eigenvalue weighted by atomic mass is 35.5. The van der Waals surface area contributed by atoms with Crippen molar-refractivity contribution < 1.29 is 9.47 Å². The molecule has 1 aromatic heterocycles. The lowest BCUT2D eigenvalue weighted by Gasteiger charge is -2.15. The van der Waals surface area contributed by atoms with Gasteiger partial charge in [0.15, 0.2) is 5.82 Å². The van der Waals surface area contributed by atoms with E-state index in [0.29, 0.717) is 39.9 Å². The summed E-state index contributed by atoms with van der Waals surface area (Å²) < 4.78 is 11.2. The van der Waals surface area contributed by atoms with Gasteiger partial charge in [0, 0.05) is 24.4 Å². The molecule has 1 aliphatic rings. The topological polar surface area (TPSA) is 95.3 Å². The quantitative estimate of drug-likeness (QED) is 0.392. The Balaban J connectivity index is 1.47. The van der Waals surface area contributed by atoms with Crippen LogP contribution >= 0.6 is 23.2 Å². The first kappa shape index (κ1) is 23.9. The Morgan fingerprint density at radius 3 is 2.71 bits per heavy atom. The van der Waals surface area contributed by atoms with E-state index in [-0.39, 0.29) is 5.56 Å². The number of rotatable bonds is 9. The number of methoxy groups -OCH3 is 1. The van der Waals surface area contributed by atoms with E-state index in [1.807, 2.05) is 24.3 Å². The molecule has 0 aliphatic carbocycles. The third-order valence-electron chi connectivity index (χ3n) is 5.37. The van der Waals surface area contributed by atoms with Gasteiger partial charge in [-0.2, -0.15) is 10.2 Å². The SMILES string of the molecule is COc1cc(Nc2nc(Nc3cccc(OCCN4CCCC4)c3)ncc2C#N)c(Cl)cc1Cl. The summed E-state index contributed by atoms with van der Waals surface area (Å²) in [6, 6.07) is 12.9. The van der Waals surface area contributed by atoms with Gasteiger partial charge in [0.2, 0.25) is 5.95 Å². The summed E-state index contributed by atoms with van der Waals surface area (Å²) in [6.45, 7) is 3.84. The van der Waals surface area contributed by atoms with Gasteiger partial charge >= 0.3 is 0 Å². The molecular formula is C24H24Cl2N6O2. The maximum atomic E-state index is 9.50. The molecule has 1 aliphatic heterocycles. The highest BCUT2D eigenvalue weighted by molar-refractivity contribution is 6.37. The maximum absolute atomic E-state index is 9.50. The summed E-state index contributed by atoms with van der Waals surface area (Å²) >= 11 is 12.4. The first-order chi connectivity index (χ1) is 16.6. The lowest BCUT2D eigenvalue weighted by Crippen LogP contribution is -2.25. The lowest BCUT2D eigenvalue weighted by atomic mass is 10.2. The van der Waals surface area contributed by atoms with E-state index in [2.05, 4.69) is 31.6 Å². The maximum Gasteiger partial charge on any atom is 0.229 e. The number of aromatic nitrogens is 2. The fourth-order valence-electron chi connectivity index (χ4n) is 3.62. The zero-order chi connectivity index (χ0) is 23.9. The molecule has 0 spiro atoms. The van der Waals surface area contributed by atoms with E-state index >= 15 is 0 Å². The summed E-state index contributed by atoms with van der Waals surface area (Å²) in [5.41, 5.74) is 1.52. The fourth-order valence-corrected chi connectivity index (χ4v) is 4.13. The number of benzene rings is 2. The molecule has 1 fully saturated rings. The Kier molecular flexibility index (Phi) is 7.91. The Bertz CT molecular complexity index is 1190. The second kappa shape index (κ2) is 11.3. The second-order valence-corrected chi connectivity index (χ2v) is 8.52. The van der Waals surface area contributed by atoms with Crippen molar-refractivity contribution in [3.63, 3.8) is 0 Å². The van der Waals surface area contributed by atoms with Gasteiger partial charge in [0.25, 0.3) is 0 Å². The first-order valence-electron chi connectivity index (χ1n) is 10.8. The van der Waals surface area contributed by atoms with Crippen LogP contribution in [0.5, 0.6) is 11.5 Å². The molecule has 2 N–H and O–H groups in total. The normalized spacial score (nSPS) is 13.4. The van der Waals surface area contributed by atoms with E-state index in [9.17, 15) is 5.26 Å². The van der Waals surface area contributed by atoms with Gasteiger partial charge in [0.1, 0.15) is 29.7 Å². The summed E-state index contributed by atoms with van der Waals surface area (Å²) in [5, 5.41) is 16.5. The van der Waals surface area contributed by atoms with Gasteiger partial charge in [-0.3, -0.25) is 4.90 Å². The van der Waals surface area contributed by atoms with Crippen LogP contribution in [0.1, 0.15) is 18.4 Å². The Labute approximate surface area is 208 Å². The van der Waals surface area contributed by atoms with Crippen LogP contribution in [-0.2, 0) is 0 Å². The molecule has 4 rings (SSSR count). The molecule has 0 bridgehead atoms. The standard InChI is InChI=1S/C24H24Cl2N6O2/c1-33-22-13-21(19(25)12-20(22)26)30-23-16(14-27)15-28-24(31-23)29-17-5-4-6-18(11-17)34-10-9-32-7-2-3-8-32/h4-6,11-13,15H,2-3,7-10H2,1H3,(H2,28,29,30,31). The van der Waals surface area contributed by atoms with E-state index in [4.69, 9.17) is 32.7 Å². The fraction of sp³-hybridized carbons (Fsp3) is 0.292. The minimum atomic E-state index is 0.259. The average molecular weight is 499 g/mol. The van der Waals surface area contributed by atoms with Crippen LogP contribution in [0.25, 0.3) is 0 Å². The molecule has 10 heteroatoms. The molecule has 34 heavy (non-hydrogen) atoms. The zero-order valence-electron chi connectivity index (χ0n) is 18.6. The van der Waals surface area contributed by atoms with Gasteiger partial charge in [-0.1, -0.05) is 29.3 Å². The van der Waals surface area contributed by atoms with Crippen molar-refractivity contribution in [2.45, 2.75) is 12.8 Å². The van der Waals surface area contributed by atoms with Crippen molar-refractivity contribution in [2.24, 2.45) is 0 Å². The molecule has 2 heterocycles. The van der Waals surface area contributed by atoms with Gasteiger partial charge in [-0.25, -0.2) is 4.98 Å². The molecule has 2 aromatic carbocycles. The summed E-state index contributed by atoms with van der Waals surface area (Å²) in [4.78, 5) is 11.1. The van der Waals surface area contributed by atoms with E-state index < -0.39 is 0 Å². The number of ether oxygens (including phenoxy) is 2. The van der Waals surface area contributed by atoms with E-state index in [1.54, 1.807) is 12.1 Å². The van der Waals surface area contributed by atoms with Gasteiger partial charge < -0.3 is 20.1 Å². The van der Waals surface area contributed by atoms with E-state index in [0.717, 1.165) is 31.1 Å². The number of nitrogens with zero attached hydrogens (tertiary/aromatic N) is 4. The Hall–Kier alpha value is -3.25. The molecule has 1 saturated heterocycles. The van der Waals surface area contributed by atoms with Crippen LogP contribution in [0.2, 0.25) is 10.0 Å². The minimum Gasteiger partial charge on any atom is -0.495 e. The number of hydrogen-bond donors (Lipinski definition) is 2. The average Bonchev–Trinajstić information content (AvgIpc) is 3.35. The molecule has 0 amide bonds. The number of halogens is 2. The zero-order valence-corrected chi connectivity index (χ0v) is 20.2. The number of anilines is 4. The molecule has 0 radical (unpaired) electrons. The molecule has 0 atom stereocenters. The van der Waals surface area contributed by atoms with Crippen LogP contribution in [0.4, 0.5) is 23.1 Å². The smallest absolute Gasteiger partial charge is 0.229 e. The van der Waals surface area contributed by atoms with Crippen LogP contribution in [-0.4, -0.2) is 48.2 Å². The van der Waals surface area contributed by atoms with Crippen LogP contribution in [0.3, 0.4) is 0 Å². The second-order valence-electron chi connectivity index (χ2n) is 7.71. The summed E-state index contributed by atoms with van der Waals surface area (Å²) in [6.07, 6.45) is 3.96. The third-order valence-corrected chi connectivity index (χ3v) is 5.98. The molecule has 8 nitrogen and oxygen atoms in total. The monoisotopic (exact) mass is 498 g/mol. The van der Waals surface area contributed by atoms with Gasteiger partial charge in [-0.15, -0.1) is 0 Å². The Morgan fingerprint density at radius 2 is 1.94 bits per heavy atom. The van der Waals surface area contributed by atoms with Crippen LogP contribution in [0.15, 0.2) is 42.6 Å². The number of likely N-dealkylation sites (tertiary alicyclic amines) is 1. The molecule has 0 unspecified atom stereocenters. The Morgan fingerprint density at radius 1 is 1.12 bits per heavy atom. The summed E-state index contributed by atoms with van der Waals surface area (Å²) in [5.74, 6) is 1.81. The van der Waals surface area contributed by atoms with Crippen molar-refractivity contribution in [1.29, 1.82) is 5.26 Å². The van der Waals surface area contributed by atoms with Gasteiger partial charge in [-0.05, 0) is 44.1 Å². The lowest BCUT2D eigenvalue weighted by molar-refractivity contribution is 0.238. The van der Waals surface area contributed by atoms with E-state index in [1.165, 1.54) is 26.1 Å². The highest BCUT2D eigenvalue weighted by Crippen LogP contribution is 2.36. The number of nitrogens with one attached hydrogen (secondary N) is 2. The first-order valence-corrected chi connectivity index (χ1v) is 11.6. The minimum absolute atomic E-state index is 0.259. The van der Waals surface area contributed by atoms with Crippen molar-refractivity contribution in [3.05, 3.63) is 58.2 Å². The van der Waals surface area contributed by atoms with Crippen molar-refractivity contribution >= 4 is 46.3 Å². The van der Waals surface area contributed by atoms with Crippen molar-refractivity contribution in [1.82, 2.24) is 14.9 Å². The van der Waals surface area contributed by atoms with Gasteiger partial charge in [0.05, 0.1) is 29.0 Å². The number of nitriles is 1. The molecular weight excluding hydrogens is 475 g/mol. The predicted molar refractivity (Wildman–Crippen MR) is 134 cm³/mol. The largest absolute Gasteiger partial charge is 0.495 e. The third kappa shape index (κ3) is 6.00. The highest BCUT2D eigenvalue weighted by Gasteiger charge is 2.13. The van der Waals surface area contributed by atoms with Crippen molar-refractivity contribution in [3.8, 4) is 17.6 Å². The van der Waals surface area contributed by atoms with Crippen molar-refractivity contribution in [2.75, 3.05) is 44.0 Å². The molecule has 3 aromatic rings. The van der Waals surface area contributed by atoms with Crippen LogP contribution < -0.4 is 20.1 Å². The number of hydrogen-bond acceptors (Lipinski definition) is 8. The molecule has 0 saturated carbocycles.